The fourth-order valence-corrected chi connectivity index (χ4v) is 2.88. The first-order chi connectivity index (χ1) is 13.1. The van der Waals surface area contributed by atoms with Crippen molar-refractivity contribution in [2.24, 2.45) is 0 Å². The van der Waals surface area contributed by atoms with Gasteiger partial charge in [0.2, 0.25) is 0 Å². The van der Waals surface area contributed by atoms with Gasteiger partial charge in [-0.2, -0.15) is 0 Å². The van der Waals surface area contributed by atoms with E-state index in [-0.39, 0.29) is 5.91 Å². The standard InChI is InChI=1S/C21H29N3O3/c1-5-11-24(12-6-2)21(25)17-9-10-22-20(14-17)23-15-16-7-8-18(26-3)19(13-16)27-4/h7-10,13-14H,5-6,11-12,15H2,1-4H3,(H,22,23). The van der Waals surface area contributed by atoms with Crippen LogP contribution in [0.3, 0.4) is 0 Å². The predicted molar refractivity (Wildman–Crippen MR) is 108 cm³/mol. The Morgan fingerprint density at radius 3 is 2.37 bits per heavy atom. The Bertz CT molecular complexity index is 743. The van der Waals surface area contributed by atoms with Gasteiger partial charge in [-0.3, -0.25) is 4.79 Å². The number of pyridine rings is 1. The summed E-state index contributed by atoms with van der Waals surface area (Å²) in [7, 11) is 3.23. The van der Waals surface area contributed by atoms with Gasteiger partial charge in [-0.15, -0.1) is 0 Å². The van der Waals surface area contributed by atoms with Gasteiger partial charge in [0, 0.05) is 31.4 Å². The van der Waals surface area contributed by atoms with Crippen molar-refractivity contribution in [1.82, 2.24) is 9.88 Å². The molecule has 27 heavy (non-hydrogen) atoms. The Hall–Kier alpha value is -2.76. The van der Waals surface area contributed by atoms with Crippen LogP contribution in [0.15, 0.2) is 36.5 Å². The molecule has 0 fully saturated rings. The van der Waals surface area contributed by atoms with Crippen LogP contribution in [-0.4, -0.2) is 43.1 Å². The molecular weight excluding hydrogens is 342 g/mol. The van der Waals surface area contributed by atoms with E-state index < -0.39 is 0 Å². The second-order valence-electron chi connectivity index (χ2n) is 6.26. The lowest BCUT2D eigenvalue weighted by Gasteiger charge is -2.21. The Labute approximate surface area is 161 Å². The van der Waals surface area contributed by atoms with Gasteiger partial charge in [0.1, 0.15) is 5.82 Å². The van der Waals surface area contributed by atoms with Crippen LogP contribution in [0.1, 0.15) is 42.6 Å². The Morgan fingerprint density at radius 1 is 1.04 bits per heavy atom. The molecule has 1 aromatic carbocycles. The highest BCUT2D eigenvalue weighted by atomic mass is 16.5. The minimum Gasteiger partial charge on any atom is -0.493 e. The fraction of sp³-hybridized carbons (Fsp3) is 0.429. The van der Waals surface area contributed by atoms with Crippen molar-refractivity contribution in [2.45, 2.75) is 33.2 Å². The van der Waals surface area contributed by atoms with Crippen molar-refractivity contribution in [1.29, 1.82) is 0 Å². The van der Waals surface area contributed by atoms with E-state index in [1.54, 1.807) is 32.5 Å². The lowest BCUT2D eigenvalue weighted by molar-refractivity contribution is 0.0755. The Kier molecular flexibility index (Phi) is 7.92. The normalized spacial score (nSPS) is 10.4. The highest BCUT2D eigenvalue weighted by Crippen LogP contribution is 2.27. The SMILES string of the molecule is CCCN(CCC)C(=O)c1ccnc(NCc2ccc(OC)c(OC)c2)c1. The monoisotopic (exact) mass is 371 g/mol. The van der Waals surface area contributed by atoms with E-state index in [0.717, 1.165) is 31.5 Å². The summed E-state index contributed by atoms with van der Waals surface area (Å²) in [6.07, 6.45) is 3.56. The maximum Gasteiger partial charge on any atom is 0.254 e. The lowest BCUT2D eigenvalue weighted by atomic mass is 10.2. The van der Waals surface area contributed by atoms with Crippen LogP contribution in [-0.2, 0) is 6.54 Å². The van der Waals surface area contributed by atoms with E-state index in [4.69, 9.17) is 9.47 Å². The maximum absolute atomic E-state index is 12.7. The first-order valence-corrected chi connectivity index (χ1v) is 9.33. The molecule has 0 radical (unpaired) electrons. The van der Waals surface area contributed by atoms with E-state index in [1.165, 1.54) is 0 Å². The van der Waals surface area contributed by atoms with Crippen LogP contribution in [0.2, 0.25) is 0 Å². The third-order valence-electron chi connectivity index (χ3n) is 4.20. The number of carbonyl (C=O) groups excluding carboxylic acids is 1. The predicted octanol–water partition coefficient (Wildman–Crippen LogP) is 3.97. The lowest BCUT2D eigenvalue weighted by Crippen LogP contribution is -2.32. The first kappa shape index (κ1) is 20.6. The molecule has 1 heterocycles. The number of rotatable bonds is 10. The van der Waals surface area contributed by atoms with Gasteiger partial charge in [-0.1, -0.05) is 19.9 Å². The molecule has 0 aliphatic heterocycles. The van der Waals surface area contributed by atoms with E-state index in [2.05, 4.69) is 24.1 Å². The molecule has 0 aliphatic carbocycles. The topological polar surface area (TPSA) is 63.7 Å². The molecule has 0 saturated heterocycles. The quantitative estimate of drug-likeness (QED) is 0.684. The smallest absolute Gasteiger partial charge is 0.254 e. The van der Waals surface area contributed by atoms with Crippen LogP contribution in [0.25, 0.3) is 0 Å². The summed E-state index contributed by atoms with van der Waals surface area (Å²) in [5, 5.41) is 3.27. The van der Waals surface area contributed by atoms with Gasteiger partial charge < -0.3 is 19.7 Å². The molecule has 0 bridgehead atoms. The second-order valence-corrected chi connectivity index (χ2v) is 6.26. The van der Waals surface area contributed by atoms with Crippen LogP contribution in [0, 0.1) is 0 Å². The fourth-order valence-electron chi connectivity index (χ4n) is 2.88. The molecule has 0 spiro atoms. The number of carbonyl (C=O) groups is 1. The highest BCUT2D eigenvalue weighted by Gasteiger charge is 2.15. The van der Waals surface area contributed by atoms with Gasteiger partial charge in [-0.05, 0) is 42.7 Å². The number of hydrogen-bond donors (Lipinski definition) is 1. The number of nitrogens with one attached hydrogen (secondary N) is 1. The van der Waals surface area contributed by atoms with Crippen molar-refractivity contribution < 1.29 is 14.3 Å². The molecule has 1 amide bonds. The van der Waals surface area contributed by atoms with E-state index in [0.29, 0.717) is 29.4 Å². The summed E-state index contributed by atoms with van der Waals surface area (Å²) in [4.78, 5) is 19.0. The molecule has 0 unspecified atom stereocenters. The average molecular weight is 371 g/mol. The molecule has 0 aliphatic rings. The zero-order valence-electron chi connectivity index (χ0n) is 16.6. The number of ether oxygens (including phenoxy) is 2. The molecule has 1 aromatic heterocycles. The molecule has 1 N–H and O–H groups in total. The molecule has 146 valence electrons. The summed E-state index contributed by atoms with van der Waals surface area (Å²) in [6, 6.07) is 9.33. The molecule has 2 aromatic rings. The molecule has 0 atom stereocenters. The molecule has 2 rings (SSSR count). The largest absolute Gasteiger partial charge is 0.493 e. The van der Waals surface area contributed by atoms with Crippen molar-refractivity contribution in [3.63, 3.8) is 0 Å². The van der Waals surface area contributed by atoms with Gasteiger partial charge in [0.05, 0.1) is 14.2 Å². The Balaban J connectivity index is 2.08. The summed E-state index contributed by atoms with van der Waals surface area (Å²) in [5.41, 5.74) is 1.69. The van der Waals surface area contributed by atoms with Gasteiger partial charge in [0.15, 0.2) is 11.5 Å². The third kappa shape index (κ3) is 5.61. The second kappa shape index (κ2) is 10.4. The minimum absolute atomic E-state index is 0.0512. The summed E-state index contributed by atoms with van der Waals surface area (Å²) < 4.78 is 10.6. The van der Waals surface area contributed by atoms with Crippen LogP contribution >= 0.6 is 0 Å². The molecule has 6 nitrogen and oxygen atoms in total. The molecular formula is C21H29N3O3. The van der Waals surface area contributed by atoms with Crippen LogP contribution in [0.4, 0.5) is 5.82 Å². The number of nitrogens with zero attached hydrogens (tertiary/aromatic N) is 2. The minimum atomic E-state index is 0.0512. The van der Waals surface area contributed by atoms with Crippen LogP contribution < -0.4 is 14.8 Å². The number of methoxy groups -OCH3 is 2. The first-order valence-electron chi connectivity index (χ1n) is 9.33. The highest BCUT2D eigenvalue weighted by molar-refractivity contribution is 5.94. The van der Waals surface area contributed by atoms with E-state index >= 15 is 0 Å². The van der Waals surface area contributed by atoms with Gasteiger partial charge in [0.25, 0.3) is 5.91 Å². The maximum atomic E-state index is 12.7. The van der Waals surface area contributed by atoms with Crippen molar-refractivity contribution >= 4 is 11.7 Å². The van der Waals surface area contributed by atoms with Crippen LogP contribution in [0.5, 0.6) is 11.5 Å². The summed E-state index contributed by atoms with van der Waals surface area (Å²) in [5.74, 6) is 2.10. The van der Waals surface area contributed by atoms with Crippen molar-refractivity contribution in [3.05, 3.63) is 47.7 Å². The summed E-state index contributed by atoms with van der Waals surface area (Å²) >= 11 is 0. The molecule has 0 saturated carbocycles. The summed E-state index contributed by atoms with van der Waals surface area (Å²) in [6.45, 7) is 6.27. The molecule has 6 heteroatoms. The van der Waals surface area contributed by atoms with E-state index in [1.807, 2.05) is 23.1 Å². The van der Waals surface area contributed by atoms with E-state index in [9.17, 15) is 4.79 Å². The zero-order chi connectivity index (χ0) is 19.6. The average Bonchev–Trinajstić information content (AvgIpc) is 2.71. The van der Waals surface area contributed by atoms with Gasteiger partial charge in [-0.25, -0.2) is 4.98 Å². The van der Waals surface area contributed by atoms with Crippen molar-refractivity contribution in [2.75, 3.05) is 32.6 Å². The third-order valence-corrected chi connectivity index (χ3v) is 4.20. The van der Waals surface area contributed by atoms with Crippen molar-refractivity contribution in [3.8, 4) is 11.5 Å². The zero-order valence-corrected chi connectivity index (χ0v) is 16.6. The number of benzene rings is 1. The number of amides is 1. The number of aromatic nitrogens is 1. The van der Waals surface area contributed by atoms with Gasteiger partial charge >= 0.3 is 0 Å². The number of hydrogen-bond acceptors (Lipinski definition) is 5. The Morgan fingerprint density at radius 2 is 1.74 bits per heavy atom. The number of anilines is 1.